The van der Waals surface area contributed by atoms with Gasteiger partial charge in [-0.25, -0.2) is 0 Å². The molecule has 0 bridgehead atoms. The van der Waals surface area contributed by atoms with Crippen molar-refractivity contribution in [1.82, 2.24) is 5.32 Å². The van der Waals surface area contributed by atoms with Crippen molar-refractivity contribution in [3.63, 3.8) is 0 Å². The summed E-state index contributed by atoms with van der Waals surface area (Å²) < 4.78 is 1.16. The number of hydrogen-bond acceptors (Lipinski definition) is 3. The molecule has 1 heterocycles. The molecule has 2 aromatic rings. The predicted octanol–water partition coefficient (Wildman–Crippen LogP) is 3.84. The molecule has 2 nitrogen and oxygen atoms in total. The van der Waals surface area contributed by atoms with Crippen molar-refractivity contribution in [2.75, 3.05) is 12.4 Å². The Morgan fingerprint density at radius 1 is 1.18 bits per heavy atom. The van der Waals surface area contributed by atoms with Crippen LogP contribution in [0.4, 0.5) is 5.69 Å². The van der Waals surface area contributed by atoms with Crippen LogP contribution in [0.3, 0.4) is 0 Å². The fraction of sp³-hybridized carbons (Fsp3) is 0.231. The second-order valence-corrected chi connectivity index (χ2v) is 5.69. The van der Waals surface area contributed by atoms with Gasteiger partial charge in [0.15, 0.2) is 0 Å². The Balaban J connectivity index is 1.81. The maximum atomic E-state index is 3.46. The Hall–Kier alpha value is -0.840. The molecule has 0 aliphatic carbocycles. The van der Waals surface area contributed by atoms with E-state index in [-0.39, 0.29) is 0 Å². The van der Waals surface area contributed by atoms with E-state index < -0.39 is 0 Å². The molecule has 0 aliphatic rings. The number of hydrogen-bond donors (Lipinski definition) is 2. The monoisotopic (exact) mass is 310 g/mol. The Bertz CT molecular complexity index is 465. The summed E-state index contributed by atoms with van der Waals surface area (Å²) in [6.45, 7) is 1.82. The molecule has 0 saturated heterocycles. The molecule has 0 fully saturated rings. The van der Waals surface area contributed by atoms with E-state index in [0.29, 0.717) is 0 Å². The smallest absolute Gasteiger partial charge is 0.0337 e. The summed E-state index contributed by atoms with van der Waals surface area (Å²) in [6.07, 6.45) is 0. The topological polar surface area (TPSA) is 24.1 Å². The zero-order chi connectivity index (χ0) is 12.1. The molecule has 2 N–H and O–H groups in total. The van der Waals surface area contributed by atoms with Crippen LogP contribution in [-0.4, -0.2) is 7.05 Å². The van der Waals surface area contributed by atoms with E-state index in [0.717, 1.165) is 23.2 Å². The van der Waals surface area contributed by atoms with Crippen LogP contribution >= 0.6 is 27.3 Å². The molecule has 0 atom stereocenters. The summed E-state index contributed by atoms with van der Waals surface area (Å²) in [5.41, 5.74) is 2.45. The zero-order valence-corrected chi connectivity index (χ0v) is 12.1. The number of anilines is 1. The second kappa shape index (κ2) is 6.19. The lowest BCUT2D eigenvalue weighted by Crippen LogP contribution is -2.11. The van der Waals surface area contributed by atoms with Crippen molar-refractivity contribution in [2.45, 2.75) is 13.1 Å². The highest BCUT2D eigenvalue weighted by atomic mass is 79.9. The van der Waals surface area contributed by atoms with Crippen LogP contribution in [-0.2, 0) is 13.1 Å². The summed E-state index contributed by atoms with van der Waals surface area (Å²) in [4.78, 5) is 1.35. The van der Waals surface area contributed by atoms with Crippen LogP contribution in [0.2, 0.25) is 0 Å². The minimum atomic E-state index is 0.902. The highest BCUT2D eigenvalue weighted by Crippen LogP contribution is 2.19. The van der Waals surface area contributed by atoms with E-state index in [4.69, 9.17) is 0 Å². The van der Waals surface area contributed by atoms with Crippen molar-refractivity contribution < 1.29 is 0 Å². The van der Waals surface area contributed by atoms with E-state index in [9.17, 15) is 0 Å². The van der Waals surface area contributed by atoms with Gasteiger partial charge in [0, 0.05) is 40.6 Å². The van der Waals surface area contributed by atoms with E-state index >= 15 is 0 Å². The average molecular weight is 311 g/mol. The maximum absolute atomic E-state index is 3.46. The van der Waals surface area contributed by atoms with Gasteiger partial charge in [-0.1, -0.05) is 12.1 Å². The predicted molar refractivity (Wildman–Crippen MR) is 78.6 cm³/mol. The summed E-state index contributed by atoms with van der Waals surface area (Å²) in [5.74, 6) is 0. The number of thiophene rings is 1. The van der Waals surface area contributed by atoms with Crippen molar-refractivity contribution in [3.05, 3.63) is 50.6 Å². The standard InChI is InChI=1S/C13H15BrN2S/c1-15-12-4-2-10(3-5-12)7-16-8-13-6-11(14)9-17-13/h2-6,9,15-16H,7-8H2,1H3. The lowest BCUT2D eigenvalue weighted by atomic mass is 10.2. The van der Waals surface area contributed by atoms with Gasteiger partial charge >= 0.3 is 0 Å². The van der Waals surface area contributed by atoms with E-state index in [1.54, 1.807) is 11.3 Å². The maximum Gasteiger partial charge on any atom is 0.0337 e. The summed E-state index contributed by atoms with van der Waals surface area (Å²) >= 11 is 5.23. The van der Waals surface area contributed by atoms with E-state index in [2.05, 4.69) is 62.3 Å². The quantitative estimate of drug-likeness (QED) is 0.876. The number of rotatable bonds is 5. The normalized spacial score (nSPS) is 10.5. The molecule has 90 valence electrons. The van der Waals surface area contributed by atoms with Gasteiger partial charge in [-0.05, 0) is 39.7 Å². The lowest BCUT2D eigenvalue weighted by molar-refractivity contribution is 0.701. The highest BCUT2D eigenvalue weighted by molar-refractivity contribution is 9.10. The molecular weight excluding hydrogens is 296 g/mol. The van der Waals surface area contributed by atoms with E-state index in [1.165, 1.54) is 10.4 Å². The number of benzene rings is 1. The molecule has 0 radical (unpaired) electrons. The van der Waals surface area contributed by atoms with Crippen molar-refractivity contribution in [3.8, 4) is 0 Å². The van der Waals surface area contributed by atoms with Crippen LogP contribution in [0.15, 0.2) is 40.2 Å². The van der Waals surface area contributed by atoms with Gasteiger partial charge in [-0.15, -0.1) is 11.3 Å². The molecule has 0 aliphatic heterocycles. The van der Waals surface area contributed by atoms with Crippen LogP contribution in [0.1, 0.15) is 10.4 Å². The first kappa shape index (κ1) is 12.6. The highest BCUT2D eigenvalue weighted by Gasteiger charge is 1.97. The molecule has 0 amide bonds. The first-order valence-electron chi connectivity index (χ1n) is 5.48. The van der Waals surface area contributed by atoms with Gasteiger partial charge < -0.3 is 10.6 Å². The zero-order valence-electron chi connectivity index (χ0n) is 9.66. The third-order valence-electron chi connectivity index (χ3n) is 2.49. The number of nitrogens with one attached hydrogen (secondary N) is 2. The third-order valence-corrected chi connectivity index (χ3v) is 4.19. The van der Waals surface area contributed by atoms with Gasteiger partial charge in [-0.2, -0.15) is 0 Å². The van der Waals surface area contributed by atoms with Crippen molar-refractivity contribution in [1.29, 1.82) is 0 Å². The summed E-state index contributed by atoms with van der Waals surface area (Å²) in [7, 11) is 1.93. The SMILES string of the molecule is CNc1ccc(CNCc2cc(Br)cs2)cc1. The fourth-order valence-electron chi connectivity index (χ4n) is 1.57. The average Bonchev–Trinajstić information content (AvgIpc) is 2.76. The van der Waals surface area contributed by atoms with Gasteiger partial charge in [0.1, 0.15) is 0 Å². The van der Waals surface area contributed by atoms with Crippen molar-refractivity contribution in [2.24, 2.45) is 0 Å². The van der Waals surface area contributed by atoms with Gasteiger partial charge in [-0.3, -0.25) is 0 Å². The Kier molecular flexibility index (Phi) is 4.59. The lowest BCUT2D eigenvalue weighted by Gasteiger charge is -2.05. The van der Waals surface area contributed by atoms with Crippen molar-refractivity contribution >= 4 is 33.0 Å². The number of halogens is 1. The first-order chi connectivity index (χ1) is 8.28. The Labute approximate surface area is 114 Å². The van der Waals surface area contributed by atoms with Crippen LogP contribution in [0.25, 0.3) is 0 Å². The largest absolute Gasteiger partial charge is 0.388 e. The Morgan fingerprint density at radius 2 is 1.94 bits per heavy atom. The molecule has 4 heteroatoms. The van der Waals surface area contributed by atoms with Crippen LogP contribution in [0.5, 0.6) is 0 Å². The fourth-order valence-corrected chi connectivity index (χ4v) is 2.99. The van der Waals surface area contributed by atoms with E-state index in [1.807, 2.05) is 7.05 Å². The van der Waals surface area contributed by atoms with Crippen LogP contribution < -0.4 is 10.6 Å². The third kappa shape index (κ3) is 3.84. The minimum absolute atomic E-state index is 0.902. The molecule has 1 aromatic heterocycles. The molecule has 2 rings (SSSR count). The van der Waals surface area contributed by atoms with Gasteiger partial charge in [0.2, 0.25) is 0 Å². The van der Waals surface area contributed by atoms with Crippen LogP contribution in [0, 0.1) is 0 Å². The molecule has 1 aromatic carbocycles. The molecule has 0 unspecified atom stereocenters. The molecular formula is C13H15BrN2S. The molecule has 17 heavy (non-hydrogen) atoms. The Morgan fingerprint density at radius 3 is 2.53 bits per heavy atom. The van der Waals surface area contributed by atoms with Gasteiger partial charge in [0.05, 0.1) is 0 Å². The summed E-state index contributed by atoms with van der Waals surface area (Å²) in [6, 6.07) is 10.6. The molecule has 0 spiro atoms. The van der Waals surface area contributed by atoms with Gasteiger partial charge in [0.25, 0.3) is 0 Å². The second-order valence-electron chi connectivity index (χ2n) is 3.78. The minimum Gasteiger partial charge on any atom is -0.388 e. The first-order valence-corrected chi connectivity index (χ1v) is 7.15. The molecule has 0 saturated carbocycles. The summed E-state index contributed by atoms with van der Waals surface area (Å²) in [5, 5.41) is 8.66.